The first kappa shape index (κ1) is 21.3. The molecule has 2 fully saturated rings. The van der Waals surface area contributed by atoms with Crippen molar-refractivity contribution in [3.05, 3.63) is 23.8 Å². The van der Waals surface area contributed by atoms with Crippen molar-refractivity contribution >= 4 is 11.8 Å². The van der Waals surface area contributed by atoms with E-state index in [0.717, 1.165) is 25.7 Å². The van der Waals surface area contributed by atoms with Gasteiger partial charge < -0.3 is 4.74 Å². The lowest BCUT2D eigenvalue weighted by atomic mass is 9.49. The smallest absolute Gasteiger partial charge is 0.305 e. The van der Waals surface area contributed by atoms with Crippen molar-refractivity contribution in [1.29, 1.82) is 0 Å². The molecule has 0 bridgehead atoms. The Labute approximate surface area is 171 Å². The SMILES string of the molecule is CC.CCC(=O)OC1C(C)CC2C3C=CC4=CC(=O)CCC4(C)C3CCC21C. The van der Waals surface area contributed by atoms with Gasteiger partial charge in [-0.15, -0.1) is 0 Å². The maximum atomic E-state index is 12.0. The van der Waals surface area contributed by atoms with Crippen molar-refractivity contribution in [2.24, 2.45) is 34.5 Å². The van der Waals surface area contributed by atoms with E-state index >= 15 is 0 Å². The van der Waals surface area contributed by atoms with Crippen LogP contribution in [0, 0.1) is 34.5 Å². The third kappa shape index (κ3) is 3.19. The highest BCUT2D eigenvalue weighted by Gasteiger charge is 2.60. The van der Waals surface area contributed by atoms with Gasteiger partial charge >= 0.3 is 5.97 Å². The van der Waals surface area contributed by atoms with Gasteiger partial charge in [0.15, 0.2) is 5.78 Å². The topological polar surface area (TPSA) is 43.4 Å². The van der Waals surface area contributed by atoms with Crippen molar-refractivity contribution in [2.75, 3.05) is 0 Å². The van der Waals surface area contributed by atoms with Gasteiger partial charge in [-0.05, 0) is 66.4 Å². The molecule has 2 saturated carbocycles. The maximum absolute atomic E-state index is 12.0. The maximum Gasteiger partial charge on any atom is 0.305 e. The van der Waals surface area contributed by atoms with Crippen LogP contribution in [0.25, 0.3) is 0 Å². The van der Waals surface area contributed by atoms with Crippen LogP contribution >= 0.6 is 0 Å². The van der Waals surface area contributed by atoms with Crippen LogP contribution in [0.5, 0.6) is 0 Å². The molecule has 0 saturated heterocycles. The molecule has 0 amide bonds. The van der Waals surface area contributed by atoms with Crippen molar-refractivity contribution in [2.45, 2.75) is 86.2 Å². The molecule has 0 aromatic carbocycles. The number of carbonyl (C=O) groups excluding carboxylic acids is 2. The van der Waals surface area contributed by atoms with Gasteiger partial charge in [0, 0.05) is 18.3 Å². The number of ketones is 1. The summed E-state index contributed by atoms with van der Waals surface area (Å²) in [5.41, 5.74) is 1.46. The summed E-state index contributed by atoms with van der Waals surface area (Å²) in [5, 5.41) is 0. The Balaban J connectivity index is 0.00000109. The molecule has 0 radical (unpaired) electrons. The van der Waals surface area contributed by atoms with Crippen molar-refractivity contribution in [3.63, 3.8) is 0 Å². The number of fused-ring (bicyclic) bond motifs is 5. The summed E-state index contributed by atoms with van der Waals surface area (Å²) in [4.78, 5) is 23.9. The van der Waals surface area contributed by atoms with Crippen LogP contribution in [0.1, 0.15) is 80.1 Å². The fraction of sp³-hybridized carbons (Fsp3) is 0.760. The average molecular weight is 387 g/mol. The summed E-state index contributed by atoms with van der Waals surface area (Å²) in [6.07, 6.45) is 12.1. The molecule has 0 spiro atoms. The lowest BCUT2D eigenvalue weighted by Gasteiger charge is -2.55. The third-order valence-electron chi connectivity index (χ3n) is 8.29. The number of rotatable bonds is 2. The van der Waals surface area contributed by atoms with Crippen LogP contribution in [-0.2, 0) is 14.3 Å². The molecule has 0 aromatic rings. The zero-order chi connectivity index (χ0) is 20.7. The average Bonchev–Trinajstić information content (AvgIpc) is 2.94. The van der Waals surface area contributed by atoms with Gasteiger partial charge in [0.05, 0.1) is 0 Å². The Morgan fingerprint density at radius 2 is 1.93 bits per heavy atom. The minimum absolute atomic E-state index is 0.0481. The van der Waals surface area contributed by atoms with E-state index in [9.17, 15) is 9.59 Å². The Kier molecular flexibility index (Phi) is 5.94. The van der Waals surface area contributed by atoms with Crippen LogP contribution < -0.4 is 0 Å². The van der Waals surface area contributed by atoms with E-state index in [0.29, 0.717) is 36.5 Å². The molecule has 0 heterocycles. The molecule has 4 aliphatic rings. The lowest BCUT2D eigenvalue weighted by molar-refractivity contribution is -0.160. The van der Waals surface area contributed by atoms with E-state index in [1.165, 1.54) is 5.57 Å². The molecular formula is C25H38O3. The molecule has 4 rings (SSSR count). The molecule has 7 unspecified atom stereocenters. The largest absolute Gasteiger partial charge is 0.461 e. The second kappa shape index (κ2) is 7.80. The zero-order valence-corrected chi connectivity index (χ0v) is 18.6. The summed E-state index contributed by atoms with van der Waals surface area (Å²) >= 11 is 0. The van der Waals surface area contributed by atoms with Crippen molar-refractivity contribution in [1.82, 2.24) is 0 Å². The molecule has 156 valence electrons. The van der Waals surface area contributed by atoms with Crippen LogP contribution in [0.2, 0.25) is 0 Å². The van der Waals surface area contributed by atoms with Gasteiger partial charge in [-0.3, -0.25) is 9.59 Å². The number of carbonyl (C=O) groups is 2. The molecule has 0 aromatic heterocycles. The fourth-order valence-electron chi connectivity index (χ4n) is 6.80. The highest BCUT2D eigenvalue weighted by Crippen LogP contribution is 2.65. The standard InChI is InChI=1S/C23H32O3.C2H6/c1-5-20(25)26-21-14(2)12-19-17-7-6-15-13-16(24)8-10-22(15,3)18(17)9-11-23(19,21)4;1-2/h6-7,13-14,17-19,21H,5,8-12H2,1-4H3;1-2H3. The molecule has 0 N–H and O–H groups in total. The Morgan fingerprint density at radius 3 is 2.61 bits per heavy atom. The first-order chi connectivity index (χ1) is 13.3. The Bertz CT molecular complexity index is 690. The predicted octanol–water partition coefficient (Wildman–Crippen LogP) is 5.89. The summed E-state index contributed by atoms with van der Waals surface area (Å²) in [7, 11) is 0. The van der Waals surface area contributed by atoms with Crippen molar-refractivity contribution < 1.29 is 14.3 Å². The Hall–Kier alpha value is -1.38. The van der Waals surface area contributed by atoms with Gasteiger partial charge in [-0.1, -0.05) is 53.7 Å². The van der Waals surface area contributed by atoms with Crippen LogP contribution in [0.3, 0.4) is 0 Å². The summed E-state index contributed by atoms with van der Waals surface area (Å²) in [5.74, 6) is 2.35. The summed E-state index contributed by atoms with van der Waals surface area (Å²) < 4.78 is 5.95. The highest BCUT2D eigenvalue weighted by atomic mass is 16.5. The summed E-state index contributed by atoms with van der Waals surface area (Å²) in [6.45, 7) is 12.9. The van der Waals surface area contributed by atoms with Crippen LogP contribution in [0.4, 0.5) is 0 Å². The number of hydrogen-bond acceptors (Lipinski definition) is 3. The molecule has 0 aliphatic heterocycles. The van der Waals surface area contributed by atoms with Gasteiger partial charge in [0.25, 0.3) is 0 Å². The number of esters is 1. The monoisotopic (exact) mass is 386 g/mol. The van der Waals surface area contributed by atoms with Gasteiger partial charge in [0.1, 0.15) is 6.10 Å². The van der Waals surface area contributed by atoms with E-state index in [4.69, 9.17) is 4.74 Å². The van der Waals surface area contributed by atoms with Gasteiger partial charge in [0.2, 0.25) is 0 Å². The van der Waals surface area contributed by atoms with Gasteiger partial charge in [-0.2, -0.15) is 0 Å². The lowest BCUT2D eigenvalue weighted by Crippen LogP contribution is -2.50. The molecular weight excluding hydrogens is 348 g/mol. The predicted molar refractivity (Wildman–Crippen MR) is 113 cm³/mol. The minimum atomic E-state index is -0.0620. The second-order valence-electron chi connectivity index (χ2n) is 9.65. The van der Waals surface area contributed by atoms with Crippen LogP contribution in [0.15, 0.2) is 23.8 Å². The first-order valence-electron chi connectivity index (χ1n) is 11.4. The number of allylic oxidation sites excluding steroid dienone is 4. The number of ether oxygens (including phenoxy) is 1. The van der Waals surface area contributed by atoms with Crippen molar-refractivity contribution in [3.8, 4) is 0 Å². The molecule has 28 heavy (non-hydrogen) atoms. The third-order valence-corrected chi connectivity index (χ3v) is 8.29. The summed E-state index contributed by atoms with van der Waals surface area (Å²) in [6, 6.07) is 0. The van der Waals surface area contributed by atoms with E-state index in [1.54, 1.807) is 0 Å². The molecule has 3 heteroatoms. The van der Waals surface area contributed by atoms with Crippen LogP contribution in [-0.4, -0.2) is 17.9 Å². The normalized spacial score (nSPS) is 43.7. The first-order valence-corrected chi connectivity index (χ1v) is 11.4. The fourth-order valence-corrected chi connectivity index (χ4v) is 6.80. The highest BCUT2D eigenvalue weighted by molar-refractivity contribution is 5.92. The molecule has 7 atom stereocenters. The molecule has 4 aliphatic carbocycles. The zero-order valence-electron chi connectivity index (χ0n) is 18.6. The van der Waals surface area contributed by atoms with E-state index in [-0.39, 0.29) is 28.7 Å². The molecule has 3 nitrogen and oxygen atoms in total. The quantitative estimate of drug-likeness (QED) is 0.556. The Morgan fingerprint density at radius 1 is 1.21 bits per heavy atom. The van der Waals surface area contributed by atoms with E-state index < -0.39 is 0 Å². The van der Waals surface area contributed by atoms with E-state index in [1.807, 2.05) is 26.8 Å². The second-order valence-corrected chi connectivity index (χ2v) is 9.65. The minimum Gasteiger partial charge on any atom is -0.461 e. The number of hydrogen-bond donors (Lipinski definition) is 0. The van der Waals surface area contributed by atoms with Gasteiger partial charge in [-0.25, -0.2) is 0 Å². The van der Waals surface area contributed by atoms with E-state index in [2.05, 4.69) is 32.9 Å².